The Balaban J connectivity index is 1.36. The number of hydrogen-bond acceptors (Lipinski definition) is 5. The van der Waals surface area contributed by atoms with E-state index in [1.807, 2.05) is 24.3 Å². The van der Waals surface area contributed by atoms with Gasteiger partial charge in [0.25, 0.3) is 0 Å². The molecule has 1 amide bonds. The number of nitrogens with zero attached hydrogens (tertiary/aromatic N) is 1. The topological polar surface area (TPSA) is 62.8 Å². The molecule has 6 nitrogen and oxygen atoms in total. The fraction of sp³-hybridized carbons (Fsp3) is 0.500. The molecule has 2 aliphatic heterocycles. The third kappa shape index (κ3) is 6.47. The summed E-state index contributed by atoms with van der Waals surface area (Å²) in [6, 6.07) is 16.5. The second-order valence-electron chi connectivity index (χ2n) is 8.82. The minimum Gasteiger partial charge on any atom is -0.486 e. The normalized spacial score (nSPS) is 18.0. The van der Waals surface area contributed by atoms with Gasteiger partial charge in [0.15, 0.2) is 11.5 Å². The number of amides is 1. The van der Waals surface area contributed by atoms with E-state index in [0.717, 1.165) is 43.1 Å². The van der Waals surface area contributed by atoms with Gasteiger partial charge in [0, 0.05) is 18.6 Å². The highest BCUT2D eigenvalue weighted by atomic mass is 16.6. The van der Waals surface area contributed by atoms with Crippen molar-refractivity contribution in [2.24, 2.45) is 0 Å². The minimum atomic E-state index is 0.0346. The number of carbonyl (C=O) groups is 1. The number of hydrogen-bond donors (Lipinski definition) is 2. The maximum Gasteiger partial charge on any atom is 0.234 e. The van der Waals surface area contributed by atoms with Gasteiger partial charge in [0.2, 0.25) is 5.91 Å². The average Bonchev–Trinajstić information content (AvgIpc) is 2.83. The van der Waals surface area contributed by atoms with Crippen LogP contribution in [0.2, 0.25) is 0 Å². The Hall–Kier alpha value is -2.57. The highest BCUT2D eigenvalue weighted by molar-refractivity contribution is 5.78. The Morgan fingerprint density at radius 1 is 1.00 bits per heavy atom. The van der Waals surface area contributed by atoms with Gasteiger partial charge >= 0.3 is 0 Å². The lowest BCUT2D eigenvalue weighted by molar-refractivity contribution is -0.121. The van der Waals surface area contributed by atoms with Gasteiger partial charge in [-0.15, -0.1) is 0 Å². The molecule has 1 saturated heterocycles. The first-order chi connectivity index (χ1) is 15.7. The van der Waals surface area contributed by atoms with Crippen molar-refractivity contribution in [1.29, 1.82) is 0 Å². The molecule has 0 aliphatic carbocycles. The van der Waals surface area contributed by atoms with Crippen molar-refractivity contribution < 1.29 is 14.3 Å². The Bertz CT molecular complexity index is 868. The van der Waals surface area contributed by atoms with Gasteiger partial charge in [-0.3, -0.25) is 4.79 Å². The largest absolute Gasteiger partial charge is 0.486 e. The van der Waals surface area contributed by atoms with Gasteiger partial charge in [-0.05, 0) is 62.5 Å². The number of benzene rings is 2. The van der Waals surface area contributed by atoms with E-state index >= 15 is 0 Å². The van der Waals surface area contributed by atoms with Crippen molar-refractivity contribution in [3.8, 4) is 11.5 Å². The van der Waals surface area contributed by atoms with Crippen LogP contribution in [-0.2, 0) is 11.2 Å². The van der Waals surface area contributed by atoms with Gasteiger partial charge in [-0.25, -0.2) is 0 Å². The van der Waals surface area contributed by atoms with E-state index in [-0.39, 0.29) is 18.0 Å². The zero-order chi connectivity index (χ0) is 22.2. The van der Waals surface area contributed by atoms with E-state index < -0.39 is 0 Å². The molecule has 2 N–H and O–H groups in total. The first kappa shape index (κ1) is 22.6. The first-order valence-electron chi connectivity index (χ1n) is 11.9. The highest BCUT2D eigenvalue weighted by Crippen LogP contribution is 2.31. The van der Waals surface area contributed by atoms with Crippen LogP contribution in [0.3, 0.4) is 0 Å². The molecule has 4 rings (SSSR count). The summed E-state index contributed by atoms with van der Waals surface area (Å²) in [6.07, 6.45) is 4.55. The van der Waals surface area contributed by atoms with Crippen LogP contribution < -0.4 is 20.1 Å². The summed E-state index contributed by atoms with van der Waals surface area (Å²) >= 11 is 0. The predicted molar refractivity (Wildman–Crippen MR) is 126 cm³/mol. The zero-order valence-corrected chi connectivity index (χ0v) is 19.0. The third-order valence-electron chi connectivity index (χ3n) is 6.25. The van der Waals surface area contributed by atoms with Crippen molar-refractivity contribution in [3.05, 3.63) is 59.7 Å². The number of ether oxygens (including phenoxy) is 2. The molecule has 2 atom stereocenters. The van der Waals surface area contributed by atoms with Crippen molar-refractivity contribution in [1.82, 2.24) is 15.5 Å². The van der Waals surface area contributed by atoms with Crippen molar-refractivity contribution in [2.75, 3.05) is 39.4 Å². The summed E-state index contributed by atoms with van der Waals surface area (Å²) in [5.41, 5.74) is 2.34. The number of piperidine rings is 1. The summed E-state index contributed by atoms with van der Waals surface area (Å²) in [5.74, 6) is 1.64. The Kier molecular flexibility index (Phi) is 8.02. The molecule has 0 spiro atoms. The average molecular weight is 438 g/mol. The monoisotopic (exact) mass is 437 g/mol. The van der Waals surface area contributed by atoms with Crippen LogP contribution in [0.4, 0.5) is 0 Å². The molecule has 0 aromatic heterocycles. The molecular weight excluding hydrogens is 402 g/mol. The SMILES string of the molecule is CC(NCC(=O)NC(Cc1ccc2c(c1)OCCO2)CN1CCCCC1)c1ccccc1. The fourth-order valence-electron chi connectivity index (χ4n) is 4.50. The lowest BCUT2D eigenvalue weighted by Crippen LogP contribution is -2.48. The maximum atomic E-state index is 12.8. The van der Waals surface area contributed by atoms with Crippen molar-refractivity contribution >= 4 is 5.91 Å². The summed E-state index contributed by atoms with van der Waals surface area (Å²) in [4.78, 5) is 15.3. The molecule has 0 bridgehead atoms. The van der Waals surface area contributed by atoms with Crippen molar-refractivity contribution in [2.45, 2.75) is 44.7 Å². The molecule has 2 aromatic rings. The third-order valence-corrected chi connectivity index (χ3v) is 6.25. The Labute approximate surface area is 191 Å². The lowest BCUT2D eigenvalue weighted by Gasteiger charge is -2.31. The minimum absolute atomic E-state index is 0.0346. The maximum absolute atomic E-state index is 12.8. The fourth-order valence-corrected chi connectivity index (χ4v) is 4.50. The molecule has 172 valence electrons. The van der Waals surface area contributed by atoms with Crippen LogP contribution in [-0.4, -0.2) is 56.2 Å². The zero-order valence-electron chi connectivity index (χ0n) is 19.0. The Morgan fingerprint density at radius 2 is 1.75 bits per heavy atom. The van der Waals surface area contributed by atoms with Gasteiger partial charge in [-0.2, -0.15) is 0 Å². The number of likely N-dealkylation sites (tertiary alicyclic amines) is 1. The van der Waals surface area contributed by atoms with Gasteiger partial charge in [-0.1, -0.05) is 42.8 Å². The second-order valence-corrected chi connectivity index (χ2v) is 8.82. The highest BCUT2D eigenvalue weighted by Gasteiger charge is 2.20. The van der Waals surface area contributed by atoms with Gasteiger partial charge < -0.3 is 25.0 Å². The molecule has 32 heavy (non-hydrogen) atoms. The summed E-state index contributed by atoms with van der Waals surface area (Å²) in [7, 11) is 0. The number of carbonyl (C=O) groups excluding carboxylic acids is 1. The molecule has 6 heteroatoms. The van der Waals surface area contributed by atoms with Gasteiger partial charge in [0.1, 0.15) is 13.2 Å². The predicted octanol–water partition coefficient (Wildman–Crippen LogP) is 3.32. The van der Waals surface area contributed by atoms with E-state index in [0.29, 0.717) is 19.8 Å². The van der Waals surface area contributed by atoms with E-state index in [1.165, 1.54) is 24.8 Å². The summed E-state index contributed by atoms with van der Waals surface area (Å²) in [5, 5.41) is 6.63. The van der Waals surface area contributed by atoms with Crippen molar-refractivity contribution in [3.63, 3.8) is 0 Å². The molecule has 2 unspecified atom stereocenters. The molecule has 0 saturated carbocycles. The van der Waals surface area contributed by atoms with Crippen LogP contribution in [0.1, 0.15) is 43.4 Å². The van der Waals surface area contributed by atoms with Crippen LogP contribution in [0.25, 0.3) is 0 Å². The summed E-state index contributed by atoms with van der Waals surface area (Å²) < 4.78 is 11.4. The number of fused-ring (bicyclic) bond motifs is 1. The summed E-state index contributed by atoms with van der Waals surface area (Å²) in [6.45, 7) is 6.64. The Morgan fingerprint density at radius 3 is 2.53 bits per heavy atom. The van der Waals surface area contributed by atoms with Gasteiger partial charge in [0.05, 0.1) is 6.54 Å². The van der Waals surface area contributed by atoms with E-state index in [2.05, 4.69) is 46.7 Å². The van der Waals surface area contributed by atoms with Crippen LogP contribution in [0.15, 0.2) is 48.5 Å². The standard InChI is InChI=1S/C26H35N3O3/c1-20(22-8-4-2-5-9-22)27-18-26(30)28-23(19-29-12-6-3-7-13-29)16-21-10-11-24-25(17-21)32-15-14-31-24/h2,4-5,8-11,17,20,23,27H,3,6-7,12-16,18-19H2,1H3,(H,28,30). The number of rotatable bonds is 9. The van der Waals surface area contributed by atoms with Crippen LogP contribution in [0, 0.1) is 0 Å². The lowest BCUT2D eigenvalue weighted by atomic mass is 10.0. The van der Waals surface area contributed by atoms with E-state index in [1.54, 1.807) is 0 Å². The van der Waals surface area contributed by atoms with E-state index in [9.17, 15) is 4.79 Å². The second kappa shape index (κ2) is 11.3. The molecule has 2 heterocycles. The molecular formula is C26H35N3O3. The molecule has 2 aliphatic rings. The first-order valence-corrected chi connectivity index (χ1v) is 11.9. The van der Waals surface area contributed by atoms with Crippen LogP contribution >= 0.6 is 0 Å². The van der Waals surface area contributed by atoms with E-state index in [4.69, 9.17) is 9.47 Å². The molecule has 0 radical (unpaired) electrons. The molecule has 1 fully saturated rings. The smallest absolute Gasteiger partial charge is 0.234 e. The number of nitrogens with one attached hydrogen (secondary N) is 2. The quantitative estimate of drug-likeness (QED) is 0.630. The molecule has 2 aromatic carbocycles. The van der Waals surface area contributed by atoms with Crippen LogP contribution in [0.5, 0.6) is 11.5 Å².